The van der Waals surface area contributed by atoms with E-state index in [1.54, 1.807) is 0 Å². The van der Waals surface area contributed by atoms with E-state index in [9.17, 15) is 0 Å². The topological polar surface area (TPSA) is 43.8 Å². The van der Waals surface area contributed by atoms with Crippen molar-refractivity contribution in [1.82, 2.24) is 9.55 Å². The minimum atomic E-state index is 0.560. The van der Waals surface area contributed by atoms with E-state index in [2.05, 4.69) is 43.5 Å². The van der Waals surface area contributed by atoms with Crippen LogP contribution in [0.5, 0.6) is 0 Å². The van der Waals surface area contributed by atoms with Crippen molar-refractivity contribution in [3.8, 4) is 11.3 Å². The summed E-state index contributed by atoms with van der Waals surface area (Å²) in [6.07, 6.45) is 2.29. The average molecular weight is 269 g/mol. The number of fused-ring (bicyclic) bond motifs is 1. The van der Waals surface area contributed by atoms with Gasteiger partial charge in [-0.15, -0.1) is 0 Å². The average Bonchev–Trinajstić information content (AvgIpc) is 2.75. The maximum atomic E-state index is 6.01. The first-order chi connectivity index (χ1) is 9.60. The summed E-state index contributed by atoms with van der Waals surface area (Å²) >= 11 is 0. The smallest absolute Gasteiger partial charge is 0.109 e. The summed E-state index contributed by atoms with van der Waals surface area (Å²) in [5, 5.41) is 0. The van der Waals surface area contributed by atoms with Crippen molar-refractivity contribution in [3.05, 3.63) is 40.8 Å². The molecule has 1 aliphatic rings. The van der Waals surface area contributed by atoms with Crippen molar-refractivity contribution in [2.45, 2.75) is 46.7 Å². The predicted octanol–water partition coefficient (Wildman–Crippen LogP) is 3.21. The van der Waals surface area contributed by atoms with Gasteiger partial charge in [0.2, 0.25) is 0 Å². The molecule has 1 aromatic heterocycles. The summed E-state index contributed by atoms with van der Waals surface area (Å²) in [5.41, 5.74) is 12.1. The molecule has 0 saturated heterocycles. The van der Waals surface area contributed by atoms with Crippen LogP contribution in [0.1, 0.15) is 36.0 Å². The molecule has 3 nitrogen and oxygen atoms in total. The Morgan fingerprint density at radius 3 is 2.85 bits per heavy atom. The van der Waals surface area contributed by atoms with Gasteiger partial charge in [-0.1, -0.05) is 30.7 Å². The third kappa shape index (κ3) is 2.16. The molecule has 2 heterocycles. The van der Waals surface area contributed by atoms with Gasteiger partial charge < -0.3 is 10.3 Å². The molecule has 1 aliphatic heterocycles. The molecule has 2 aromatic rings. The number of hydrogen-bond donors (Lipinski definition) is 1. The third-order valence-corrected chi connectivity index (χ3v) is 4.36. The Bertz CT molecular complexity index is 640. The van der Waals surface area contributed by atoms with E-state index in [0.717, 1.165) is 24.6 Å². The van der Waals surface area contributed by atoms with Crippen molar-refractivity contribution in [1.29, 1.82) is 0 Å². The first-order valence-electron chi connectivity index (χ1n) is 7.46. The first kappa shape index (κ1) is 13.4. The normalized spacial score (nSPS) is 18.1. The quantitative estimate of drug-likeness (QED) is 0.909. The molecule has 0 saturated carbocycles. The number of hydrogen-bond acceptors (Lipinski definition) is 2. The van der Waals surface area contributed by atoms with E-state index < -0.39 is 0 Å². The van der Waals surface area contributed by atoms with E-state index in [4.69, 9.17) is 10.7 Å². The molecular weight excluding hydrogens is 246 g/mol. The zero-order valence-electron chi connectivity index (χ0n) is 12.6. The Hall–Kier alpha value is -1.61. The summed E-state index contributed by atoms with van der Waals surface area (Å²) in [5.74, 6) is 1.93. The summed E-state index contributed by atoms with van der Waals surface area (Å²) in [4.78, 5) is 4.92. The SMILES string of the molecule is Cc1ccc(-c2nc3n(c2CN)CCC(C)C3)c(C)c1. The zero-order valence-corrected chi connectivity index (χ0v) is 12.6. The van der Waals surface area contributed by atoms with Crippen LogP contribution < -0.4 is 5.73 Å². The van der Waals surface area contributed by atoms with E-state index in [-0.39, 0.29) is 0 Å². The molecule has 0 radical (unpaired) electrons. The molecule has 0 spiro atoms. The molecule has 0 fully saturated rings. The lowest BCUT2D eigenvalue weighted by molar-refractivity contribution is 0.403. The van der Waals surface area contributed by atoms with Gasteiger partial charge in [0.15, 0.2) is 0 Å². The van der Waals surface area contributed by atoms with Crippen molar-refractivity contribution in [3.63, 3.8) is 0 Å². The van der Waals surface area contributed by atoms with E-state index in [0.29, 0.717) is 6.54 Å². The van der Waals surface area contributed by atoms with Crippen LogP contribution in [0.2, 0.25) is 0 Å². The Balaban J connectivity index is 2.14. The van der Waals surface area contributed by atoms with Crippen LogP contribution in [0.4, 0.5) is 0 Å². The molecule has 2 N–H and O–H groups in total. The van der Waals surface area contributed by atoms with Crippen molar-refractivity contribution < 1.29 is 0 Å². The third-order valence-electron chi connectivity index (χ3n) is 4.36. The van der Waals surface area contributed by atoms with Gasteiger partial charge in [-0.25, -0.2) is 4.98 Å². The van der Waals surface area contributed by atoms with Crippen molar-refractivity contribution in [2.24, 2.45) is 11.7 Å². The number of rotatable bonds is 2. The van der Waals surface area contributed by atoms with Gasteiger partial charge >= 0.3 is 0 Å². The number of aryl methyl sites for hydroxylation is 2. The lowest BCUT2D eigenvalue weighted by Crippen LogP contribution is -2.20. The largest absolute Gasteiger partial charge is 0.330 e. The van der Waals surface area contributed by atoms with Crippen LogP contribution in [0.25, 0.3) is 11.3 Å². The van der Waals surface area contributed by atoms with E-state index >= 15 is 0 Å². The molecule has 1 aromatic carbocycles. The highest BCUT2D eigenvalue weighted by atomic mass is 15.1. The van der Waals surface area contributed by atoms with Crippen molar-refractivity contribution >= 4 is 0 Å². The fraction of sp³-hybridized carbons (Fsp3) is 0.471. The van der Waals surface area contributed by atoms with Crippen LogP contribution in [0.15, 0.2) is 18.2 Å². The maximum Gasteiger partial charge on any atom is 0.109 e. The number of imidazole rings is 1. The zero-order chi connectivity index (χ0) is 14.3. The minimum Gasteiger partial charge on any atom is -0.330 e. The lowest BCUT2D eigenvalue weighted by Gasteiger charge is -2.21. The number of aromatic nitrogens is 2. The molecule has 0 amide bonds. The highest BCUT2D eigenvalue weighted by Crippen LogP contribution is 2.31. The second-order valence-electron chi connectivity index (χ2n) is 6.10. The Labute approximate surface area is 120 Å². The first-order valence-corrected chi connectivity index (χ1v) is 7.46. The van der Waals surface area contributed by atoms with Crippen LogP contribution in [0.3, 0.4) is 0 Å². The summed E-state index contributed by atoms with van der Waals surface area (Å²) in [6, 6.07) is 6.56. The van der Waals surface area contributed by atoms with Crippen molar-refractivity contribution in [2.75, 3.05) is 0 Å². The highest BCUT2D eigenvalue weighted by molar-refractivity contribution is 5.67. The predicted molar refractivity (Wildman–Crippen MR) is 82.5 cm³/mol. The van der Waals surface area contributed by atoms with Gasteiger partial charge in [0.05, 0.1) is 11.4 Å². The number of nitrogens with two attached hydrogens (primary N) is 1. The highest BCUT2D eigenvalue weighted by Gasteiger charge is 2.23. The monoisotopic (exact) mass is 269 g/mol. The van der Waals surface area contributed by atoms with Crippen LogP contribution in [-0.4, -0.2) is 9.55 Å². The van der Waals surface area contributed by atoms with Gasteiger partial charge in [0.1, 0.15) is 5.82 Å². The molecule has 0 aliphatic carbocycles. The molecular formula is C17H23N3. The molecule has 1 atom stereocenters. The van der Waals surface area contributed by atoms with E-state index in [1.807, 2.05) is 0 Å². The summed E-state index contributed by atoms with van der Waals surface area (Å²) in [6.45, 7) is 8.20. The molecule has 0 bridgehead atoms. The van der Waals surface area contributed by atoms with Gasteiger partial charge in [0, 0.05) is 25.1 Å². The second-order valence-corrected chi connectivity index (χ2v) is 6.10. The summed E-state index contributed by atoms with van der Waals surface area (Å²) < 4.78 is 2.34. The minimum absolute atomic E-state index is 0.560. The van der Waals surface area contributed by atoms with Gasteiger partial charge in [-0.05, 0) is 31.7 Å². The van der Waals surface area contributed by atoms with E-state index in [1.165, 1.54) is 34.6 Å². The van der Waals surface area contributed by atoms with Crippen LogP contribution in [0, 0.1) is 19.8 Å². The van der Waals surface area contributed by atoms with Crippen LogP contribution >= 0.6 is 0 Å². The summed E-state index contributed by atoms with van der Waals surface area (Å²) in [7, 11) is 0. The number of benzene rings is 1. The van der Waals surface area contributed by atoms with Gasteiger partial charge in [-0.3, -0.25) is 0 Å². The lowest BCUT2D eigenvalue weighted by atomic mass is 10.00. The maximum absolute atomic E-state index is 6.01. The molecule has 20 heavy (non-hydrogen) atoms. The van der Waals surface area contributed by atoms with Gasteiger partial charge in [0.25, 0.3) is 0 Å². The molecule has 106 valence electrons. The van der Waals surface area contributed by atoms with Crippen LogP contribution in [-0.2, 0) is 19.5 Å². The molecule has 1 unspecified atom stereocenters. The second kappa shape index (κ2) is 5.06. The Morgan fingerprint density at radius 2 is 2.15 bits per heavy atom. The molecule has 3 rings (SSSR count). The fourth-order valence-corrected chi connectivity index (χ4v) is 3.22. The Morgan fingerprint density at radius 1 is 1.35 bits per heavy atom. The number of nitrogens with zero attached hydrogens (tertiary/aromatic N) is 2. The van der Waals surface area contributed by atoms with Gasteiger partial charge in [-0.2, -0.15) is 0 Å². The molecule has 3 heteroatoms. The standard InChI is InChI=1S/C17H23N3/c1-11-4-5-14(13(3)8-11)17-15(10-18)20-7-6-12(2)9-16(20)19-17/h4-5,8,12H,6-7,9-10,18H2,1-3H3. The Kier molecular flexibility index (Phi) is 3.38. The fourth-order valence-electron chi connectivity index (χ4n) is 3.22.